The van der Waals surface area contributed by atoms with Crippen LogP contribution in [0, 0.1) is 6.92 Å². The highest BCUT2D eigenvalue weighted by Gasteiger charge is 2.22. The topological polar surface area (TPSA) is 110 Å². The van der Waals surface area contributed by atoms with Gasteiger partial charge >= 0.3 is 6.03 Å². The molecule has 1 aliphatic heterocycles. The van der Waals surface area contributed by atoms with E-state index >= 15 is 0 Å². The van der Waals surface area contributed by atoms with Crippen LogP contribution in [0.1, 0.15) is 22.3 Å². The van der Waals surface area contributed by atoms with E-state index in [4.69, 9.17) is 5.73 Å². The Hall–Kier alpha value is -3.30. The summed E-state index contributed by atoms with van der Waals surface area (Å²) in [6.45, 7) is 6.22. The number of nitrogens with zero attached hydrogens (tertiary/aromatic N) is 2. The first-order valence-electron chi connectivity index (χ1n) is 11.8. The molecule has 2 aromatic carbocycles. The van der Waals surface area contributed by atoms with Gasteiger partial charge in [-0.05, 0) is 50.2 Å². The normalized spacial score (nSPS) is 15.0. The van der Waals surface area contributed by atoms with Crippen molar-refractivity contribution in [1.29, 1.82) is 0 Å². The number of fused-ring (bicyclic) bond motifs is 2. The summed E-state index contributed by atoms with van der Waals surface area (Å²) in [4.78, 5) is 35.8. The molecule has 0 radical (unpaired) electrons. The van der Waals surface area contributed by atoms with Crippen molar-refractivity contribution in [3.05, 3.63) is 58.1 Å². The van der Waals surface area contributed by atoms with Gasteiger partial charge in [-0.15, -0.1) is 0 Å². The standard InChI is InChI=1S/C26H29BrN6O2/c1-16-3-6-20-17(13-16)14-22(30-20)24-23(19-5-4-18(27)15-21(19)31-24)25(34)29-7-10-32-8-2-9-33(12-11-32)26(28)35/h3-6,13-15,30-31H,2,7-12H2,1H3,(H2,28,35)(H,29,34). The average Bonchev–Trinajstić information content (AvgIpc) is 3.31. The number of aryl methyl sites for hydroxylation is 1. The van der Waals surface area contributed by atoms with E-state index in [9.17, 15) is 9.59 Å². The number of halogens is 1. The Bertz CT molecular complexity index is 1410. The number of hydrogen-bond donors (Lipinski definition) is 4. The van der Waals surface area contributed by atoms with Crippen molar-refractivity contribution < 1.29 is 9.59 Å². The highest BCUT2D eigenvalue weighted by molar-refractivity contribution is 9.10. The Kier molecular flexibility index (Phi) is 6.53. The van der Waals surface area contributed by atoms with Crippen LogP contribution in [0.3, 0.4) is 0 Å². The largest absolute Gasteiger partial charge is 0.353 e. The second-order valence-corrected chi connectivity index (χ2v) is 10.0. The molecule has 0 saturated carbocycles. The third-order valence-corrected chi connectivity index (χ3v) is 7.14. The number of nitrogens with two attached hydrogens (primary N) is 1. The summed E-state index contributed by atoms with van der Waals surface area (Å²) >= 11 is 3.53. The first-order valence-corrected chi connectivity index (χ1v) is 12.6. The van der Waals surface area contributed by atoms with Crippen molar-refractivity contribution in [3.8, 4) is 11.4 Å². The Morgan fingerprint density at radius 3 is 2.71 bits per heavy atom. The van der Waals surface area contributed by atoms with Gasteiger partial charge in [-0.2, -0.15) is 0 Å². The molecule has 1 saturated heterocycles. The zero-order valence-corrected chi connectivity index (χ0v) is 21.2. The zero-order chi connectivity index (χ0) is 24.5. The monoisotopic (exact) mass is 536 g/mol. The average molecular weight is 537 g/mol. The molecule has 0 spiro atoms. The van der Waals surface area contributed by atoms with Gasteiger partial charge in [0, 0.05) is 59.0 Å². The fourth-order valence-corrected chi connectivity index (χ4v) is 5.19. The van der Waals surface area contributed by atoms with Crippen molar-refractivity contribution in [3.63, 3.8) is 0 Å². The van der Waals surface area contributed by atoms with Gasteiger partial charge in [0.2, 0.25) is 0 Å². The molecule has 0 atom stereocenters. The van der Waals surface area contributed by atoms with Crippen molar-refractivity contribution in [2.45, 2.75) is 13.3 Å². The van der Waals surface area contributed by atoms with Crippen LogP contribution in [0.5, 0.6) is 0 Å². The molecule has 5 rings (SSSR count). The van der Waals surface area contributed by atoms with Crippen LogP contribution in [-0.2, 0) is 0 Å². The van der Waals surface area contributed by atoms with Crippen LogP contribution in [0.2, 0.25) is 0 Å². The summed E-state index contributed by atoms with van der Waals surface area (Å²) in [6.07, 6.45) is 0.873. The summed E-state index contributed by atoms with van der Waals surface area (Å²) in [6, 6.07) is 13.9. The lowest BCUT2D eigenvalue weighted by molar-refractivity contribution is 0.0951. The summed E-state index contributed by atoms with van der Waals surface area (Å²) in [5, 5.41) is 5.10. The SMILES string of the molecule is Cc1ccc2[nH]c(-c3[nH]c4cc(Br)ccc4c3C(=O)NCCN3CCCN(C(N)=O)CC3)cc2c1. The minimum absolute atomic E-state index is 0.114. The number of aromatic nitrogens is 2. The van der Waals surface area contributed by atoms with E-state index in [0.29, 0.717) is 31.7 Å². The lowest BCUT2D eigenvalue weighted by Crippen LogP contribution is -2.40. The number of benzene rings is 2. The number of carbonyl (C=O) groups is 2. The highest BCUT2D eigenvalue weighted by Crippen LogP contribution is 2.33. The zero-order valence-electron chi connectivity index (χ0n) is 19.7. The van der Waals surface area contributed by atoms with E-state index in [0.717, 1.165) is 57.2 Å². The summed E-state index contributed by atoms with van der Waals surface area (Å²) in [7, 11) is 0. The maximum atomic E-state index is 13.5. The van der Waals surface area contributed by atoms with Gasteiger partial charge in [0.1, 0.15) is 0 Å². The van der Waals surface area contributed by atoms with Crippen molar-refractivity contribution >= 4 is 49.7 Å². The molecule has 35 heavy (non-hydrogen) atoms. The van der Waals surface area contributed by atoms with Crippen LogP contribution in [0.4, 0.5) is 4.79 Å². The quantitative estimate of drug-likeness (QED) is 0.306. The summed E-state index contributed by atoms with van der Waals surface area (Å²) in [5.41, 5.74) is 10.8. The number of aromatic amines is 2. The van der Waals surface area contributed by atoms with Crippen LogP contribution < -0.4 is 11.1 Å². The molecule has 1 aliphatic rings. The number of hydrogen-bond acceptors (Lipinski definition) is 3. The fourth-order valence-electron chi connectivity index (χ4n) is 4.83. The van der Waals surface area contributed by atoms with Crippen LogP contribution in [-0.4, -0.2) is 71.0 Å². The van der Waals surface area contributed by atoms with Gasteiger partial charge in [-0.25, -0.2) is 4.79 Å². The minimum atomic E-state index is -0.370. The number of H-pyrrole nitrogens is 2. The van der Waals surface area contributed by atoms with E-state index in [1.54, 1.807) is 4.90 Å². The number of primary amides is 1. The molecule has 0 unspecified atom stereocenters. The van der Waals surface area contributed by atoms with E-state index in [-0.39, 0.29) is 11.9 Å². The Labute approximate surface area is 212 Å². The third-order valence-electron chi connectivity index (χ3n) is 6.65. The maximum absolute atomic E-state index is 13.5. The number of rotatable bonds is 5. The van der Waals surface area contributed by atoms with Gasteiger partial charge in [0.25, 0.3) is 5.91 Å². The van der Waals surface area contributed by atoms with E-state index < -0.39 is 0 Å². The van der Waals surface area contributed by atoms with E-state index in [1.807, 2.05) is 18.2 Å². The number of nitrogens with one attached hydrogen (secondary N) is 3. The lowest BCUT2D eigenvalue weighted by Gasteiger charge is -2.20. The van der Waals surface area contributed by atoms with Gasteiger partial charge in [0.05, 0.1) is 17.0 Å². The molecule has 9 heteroatoms. The number of carbonyl (C=O) groups excluding carboxylic acids is 2. The predicted octanol–water partition coefficient (Wildman–Crippen LogP) is 4.20. The minimum Gasteiger partial charge on any atom is -0.353 e. The smallest absolute Gasteiger partial charge is 0.314 e. The number of urea groups is 1. The number of amides is 3. The molecular weight excluding hydrogens is 508 g/mol. The Morgan fingerprint density at radius 2 is 1.89 bits per heavy atom. The first-order chi connectivity index (χ1) is 16.9. The second kappa shape index (κ2) is 9.75. The molecule has 3 amide bonds. The molecular formula is C26H29BrN6O2. The second-order valence-electron chi connectivity index (χ2n) is 9.12. The third kappa shape index (κ3) is 4.92. The van der Waals surface area contributed by atoms with Gasteiger partial charge in [-0.1, -0.05) is 33.6 Å². The molecule has 5 N–H and O–H groups in total. The molecule has 1 fully saturated rings. The summed E-state index contributed by atoms with van der Waals surface area (Å²) in [5.74, 6) is -0.114. The molecule has 0 bridgehead atoms. The first kappa shape index (κ1) is 23.4. The highest BCUT2D eigenvalue weighted by atomic mass is 79.9. The van der Waals surface area contributed by atoms with E-state index in [1.165, 1.54) is 5.56 Å². The predicted molar refractivity (Wildman–Crippen MR) is 143 cm³/mol. The van der Waals surface area contributed by atoms with Gasteiger partial charge in [-0.3, -0.25) is 9.69 Å². The van der Waals surface area contributed by atoms with Crippen LogP contribution in [0.25, 0.3) is 33.2 Å². The maximum Gasteiger partial charge on any atom is 0.314 e. The Morgan fingerprint density at radius 1 is 1.03 bits per heavy atom. The molecule has 4 aromatic rings. The molecule has 0 aliphatic carbocycles. The van der Waals surface area contributed by atoms with Gasteiger partial charge < -0.3 is 25.9 Å². The molecule has 2 aromatic heterocycles. The summed E-state index contributed by atoms with van der Waals surface area (Å²) < 4.78 is 0.947. The Balaban J connectivity index is 1.37. The fraction of sp³-hybridized carbons (Fsp3) is 0.308. The van der Waals surface area contributed by atoms with Crippen molar-refractivity contribution in [2.75, 3.05) is 39.3 Å². The van der Waals surface area contributed by atoms with Gasteiger partial charge in [0.15, 0.2) is 0 Å². The molecule has 3 heterocycles. The van der Waals surface area contributed by atoms with Crippen molar-refractivity contribution in [2.24, 2.45) is 5.73 Å². The lowest BCUT2D eigenvalue weighted by atomic mass is 10.1. The van der Waals surface area contributed by atoms with E-state index in [2.05, 4.69) is 67.3 Å². The molecule has 182 valence electrons. The van der Waals surface area contributed by atoms with Crippen LogP contribution >= 0.6 is 15.9 Å². The van der Waals surface area contributed by atoms with Crippen molar-refractivity contribution in [1.82, 2.24) is 25.1 Å². The molecule has 8 nitrogen and oxygen atoms in total. The van der Waals surface area contributed by atoms with Crippen LogP contribution in [0.15, 0.2) is 46.9 Å².